The maximum absolute atomic E-state index is 7.29. The van der Waals surface area contributed by atoms with Crippen molar-refractivity contribution in [3.63, 3.8) is 0 Å². The van der Waals surface area contributed by atoms with Crippen molar-refractivity contribution in [2.24, 2.45) is 5.73 Å². The Labute approximate surface area is 106 Å². The Bertz CT molecular complexity index is 521. The molecule has 0 fully saturated rings. The third-order valence-corrected chi connectivity index (χ3v) is 2.63. The second-order valence-electron chi connectivity index (χ2n) is 4.03. The smallest absolute Gasteiger partial charge is 0.141 e. The van der Waals surface area contributed by atoms with E-state index in [9.17, 15) is 0 Å². The zero-order chi connectivity index (χ0) is 13.0. The van der Waals surface area contributed by atoms with Gasteiger partial charge in [-0.25, -0.2) is 0 Å². The molecule has 3 N–H and O–H groups in total. The van der Waals surface area contributed by atoms with Gasteiger partial charge in [-0.2, -0.15) is 0 Å². The number of nitrogens with two attached hydrogens (primary N) is 1. The van der Waals surface area contributed by atoms with E-state index in [4.69, 9.17) is 11.1 Å². The van der Waals surface area contributed by atoms with Gasteiger partial charge in [-0.05, 0) is 29.8 Å². The molecule has 0 aliphatic rings. The van der Waals surface area contributed by atoms with Gasteiger partial charge in [0.25, 0.3) is 0 Å². The van der Waals surface area contributed by atoms with Crippen LogP contribution >= 0.6 is 0 Å². The third kappa shape index (κ3) is 2.82. The lowest BCUT2D eigenvalue weighted by Crippen LogP contribution is -2.18. The van der Waals surface area contributed by atoms with E-state index in [0.717, 1.165) is 12.2 Å². The molecule has 5 heteroatoms. The maximum atomic E-state index is 7.29. The van der Waals surface area contributed by atoms with Crippen LogP contribution in [0.1, 0.15) is 11.3 Å². The minimum Gasteiger partial charge on any atom is -0.382 e. The van der Waals surface area contributed by atoms with E-state index in [2.05, 4.69) is 14.9 Å². The summed E-state index contributed by atoms with van der Waals surface area (Å²) in [6.45, 7) is 0.781. The minimum absolute atomic E-state index is 0.0154. The van der Waals surface area contributed by atoms with Crippen molar-refractivity contribution in [3.05, 3.63) is 54.1 Å². The SMILES string of the molecule is CN(Cc1ccncc1)c1ccc(C(=N)N)nc1. The predicted octanol–water partition coefficient (Wildman–Crippen LogP) is 1.40. The molecule has 0 aliphatic carbocycles. The number of aromatic nitrogens is 2. The van der Waals surface area contributed by atoms with Crippen LogP contribution < -0.4 is 10.6 Å². The summed E-state index contributed by atoms with van der Waals surface area (Å²) in [4.78, 5) is 10.2. The van der Waals surface area contributed by atoms with Gasteiger partial charge in [0, 0.05) is 26.0 Å². The highest BCUT2D eigenvalue weighted by Crippen LogP contribution is 2.14. The first-order valence-corrected chi connectivity index (χ1v) is 5.57. The molecule has 0 saturated carbocycles. The van der Waals surface area contributed by atoms with Gasteiger partial charge in [0.15, 0.2) is 0 Å². The summed E-state index contributed by atoms with van der Waals surface area (Å²) >= 11 is 0. The molecule has 0 aliphatic heterocycles. The van der Waals surface area contributed by atoms with E-state index in [1.165, 1.54) is 5.56 Å². The van der Waals surface area contributed by atoms with Gasteiger partial charge in [-0.1, -0.05) is 0 Å². The fourth-order valence-electron chi connectivity index (χ4n) is 1.62. The van der Waals surface area contributed by atoms with Crippen LogP contribution in [0.2, 0.25) is 0 Å². The van der Waals surface area contributed by atoms with Gasteiger partial charge >= 0.3 is 0 Å². The molecule has 2 rings (SSSR count). The fraction of sp³-hybridized carbons (Fsp3) is 0.154. The van der Waals surface area contributed by atoms with Crippen molar-refractivity contribution in [2.75, 3.05) is 11.9 Å². The van der Waals surface area contributed by atoms with E-state index in [1.807, 2.05) is 25.2 Å². The zero-order valence-electron chi connectivity index (χ0n) is 10.2. The molecule has 5 nitrogen and oxygen atoms in total. The van der Waals surface area contributed by atoms with Crippen molar-refractivity contribution in [1.29, 1.82) is 5.41 Å². The molecule has 0 unspecified atom stereocenters. The van der Waals surface area contributed by atoms with Gasteiger partial charge in [0.05, 0.1) is 11.9 Å². The van der Waals surface area contributed by atoms with Crippen molar-refractivity contribution in [3.8, 4) is 0 Å². The fourth-order valence-corrected chi connectivity index (χ4v) is 1.62. The third-order valence-electron chi connectivity index (χ3n) is 2.63. The number of hydrogen-bond donors (Lipinski definition) is 2. The summed E-state index contributed by atoms with van der Waals surface area (Å²) in [6.07, 6.45) is 5.28. The highest BCUT2D eigenvalue weighted by atomic mass is 15.1. The molecule has 18 heavy (non-hydrogen) atoms. The van der Waals surface area contributed by atoms with Crippen LogP contribution in [-0.4, -0.2) is 22.9 Å². The summed E-state index contributed by atoms with van der Waals surface area (Å²) in [5, 5.41) is 7.29. The average molecular weight is 241 g/mol. The van der Waals surface area contributed by atoms with Gasteiger partial charge < -0.3 is 10.6 Å². The summed E-state index contributed by atoms with van der Waals surface area (Å²) < 4.78 is 0. The molecule has 0 amide bonds. The van der Waals surface area contributed by atoms with Gasteiger partial charge in [-0.3, -0.25) is 15.4 Å². The number of nitrogens with one attached hydrogen (secondary N) is 1. The normalized spacial score (nSPS) is 10.1. The Kier molecular flexibility index (Phi) is 3.52. The van der Waals surface area contributed by atoms with Gasteiger partial charge in [-0.15, -0.1) is 0 Å². The first-order chi connectivity index (χ1) is 8.66. The number of nitrogen functional groups attached to an aromatic ring is 1. The van der Waals surface area contributed by atoms with E-state index >= 15 is 0 Å². The van der Waals surface area contributed by atoms with Crippen molar-refractivity contribution in [1.82, 2.24) is 9.97 Å². The molecule has 0 saturated heterocycles. The number of rotatable bonds is 4. The Morgan fingerprint density at radius 1 is 1.28 bits per heavy atom. The maximum Gasteiger partial charge on any atom is 0.141 e. The van der Waals surface area contributed by atoms with Gasteiger partial charge in [0.1, 0.15) is 11.5 Å². The number of amidine groups is 1. The second kappa shape index (κ2) is 5.27. The lowest BCUT2D eigenvalue weighted by molar-refractivity contribution is 0.914. The van der Waals surface area contributed by atoms with Crippen LogP contribution in [0.25, 0.3) is 0 Å². The Hall–Kier alpha value is -2.43. The van der Waals surface area contributed by atoms with Crippen LogP contribution in [0.3, 0.4) is 0 Å². The Morgan fingerprint density at radius 3 is 2.56 bits per heavy atom. The van der Waals surface area contributed by atoms with E-state index in [0.29, 0.717) is 5.69 Å². The minimum atomic E-state index is -0.0154. The molecule has 0 radical (unpaired) electrons. The molecule has 0 spiro atoms. The van der Waals surface area contributed by atoms with Crippen molar-refractivity contribution in [2.45, 2.75) is 6.54 Å². The highest BCUT2D eigenvalue weighted by Gasteiger charge is 2.04. The molecular weight excluding hydrogens is 226 g/mol. The average Bonchev–Trinajstić information content (AvgIpc) is 2.40. The second-order valence-corrected chi connectivity index (χ2v) is 4.03. The molecular formula is C13H15N5. The zero-order valence-corrected chi connectivity index (χ0v) is 10.2. The summed E-state index contributed by atoms with van der Waals surface area (Å²) in [6, 6.07) is 7.62. The Morgan fingerprint density at radius 2 is 2.00 bits per heavy atom. The summed E-state index contributed by atoms with van der Waals surface area (Å²) in [5.41, 5.74) is 8.03. The number of nitrogens with zero attached hydrogens (tertiary/aromatic N) is 3. The quantitative estimate of drug-likeness (QED) is 0.626. The van der Waals surface area contributed by atoms with E-state index in [1.54, 1.807) is 24.7 Å². The monoisotopic (exact) mass is 241 g/mol. The molecule has 2 aromatic rings. The van der Waals surface area contributed by atoms with Crippen molar-refractivity contribution < 1.29 is 0 Å². The van der Waals surface area contributed by atoms with E-state index < -0.39 is 0 Å². The largest absolute Gasteiger partial charge is 0.382 e. The standard InChI is InChI=1S/C13H15N5/c1-18(9-10-4-6-16-7-5-10)11-2-3-12(13(14)15)17-8-11/h2-8H,9H2,1H3,(H3,14,15). The first-order valence-electron chi connectivity index (χ1n) is 5.57. The molecule has 2 heterocycles. The van der Waals surface area contributed by atoms with Crippen LogP contribution in [0, 0.1) is 5.41 Å². The van der Waals surface area contributed by atoms with E-state index in [-0.39, 0.29) is 5.84 Å². The summed E-state index contributed by atoms with van der Waals surface area (Å²) in [7, 11) is 1.99. The molecule has 0 atom stereocenters. The number of anilines is 1. The van der Waals surface area contributed by atoms with Crippen LogP contribution in [0.15, 0.2) is 42.9 Å². The predicted molar refractivity (Wildman–Crippen MR) is 71.6 cm³/mol. The lowest BCUT2D eigenvalue weighted by Gasteiger charge is -2.19. The summed E-state index contributed by atoms with van der Waals surface area (Å²) in [5.74, 6) is -0.0154. The van der Waals surface area contributed by atoms with Crippen LogP contribution in [0.4, 0.5) is 5.69 Å². The number of pyridine rings is 2. The first kappa shape index (κ1) is 12.0. The van der Waals surface area contributed by atoms with Gasteiger partial charge in [0.2, 0.25) is 0 Å². The molecule has 0 bridgehead atoms. The van der Waals surface area contributed by atoms with Crippen LogP contribution in [0.5, 0.6) is 0 Å². The van der Waals surface area contributed by atoms with Crippen molar-refractivity contribution >= 4 is 11.5 Å². The lowest BCUT2D eigenvalue weighted by atomic mass is 10.2. The number of hydrogen-bond acceptors (Lipinski definition) is 4. The molecule has 92 valence electrons. The molecule has 2 aromatic heterocycles. The highest BCUT2D eigenvalue weighted by molar-refractivity contribution is 5.93. The van der Waals surface area contributed by atoms with Crippen LogP contribution in [-0.2, 0) is 6.54 Å². The Balaban J connectivity index is 2.09. The topological polar surface area (TPSA) is 78.9 Å². The molecule has 0 aromatic carbocycles.